The molecule has 19 heteroatoms. The number of ether oxygens (including phenoxy) is 4. The topological polar surface area (TPSA) is 237 Å². The Morgan fingerprint density at radius 3 is 0.687 bits per heavy atom. The van der Waals surface area contributed by atoms with Crippen molar-refractivity contribution in [2.24, 2.45) is 11.8 Å². The first-order valence-electron chi connectivity index (χ1n) is 41.5. The lowest BCUT2D eigenvalue weighted by Gasteiger charge is -2.21. The van der Waals surface area contributed by atoms with Crippen LogP contribution >= 0.6 is 15.6 Å². The summed E-state index contributed by atoms with van der Waals surface area (Å²) in [5.74, 6) is -0.585. The molecular weight excluding hydrogens is 1290 g/mol. The van der Waals surface area contributed by atoms with Gasteiger partial charge in [-0.15, -0.1) is 0 Å². The number of unbranched alkanes of at least 4 members (excludes halogenated alkanes) is 49. The Morgan fingerprint density at radius 2 is 0.465 bits per heavy atom. The molecule has 17 nitrogen and oxygen atoms in total. The summed E-state index contributed by atoms with van der Waals surface area (Å²) < 4.78 is 68.5. The van der Waals surface area contributed by atoms with Crippen LogP contribution in [0.25, 0.3) is 0 Å². The highest BCUT2D eigenvalue weighted by atomic mass is 31.2. The molecule has 0 fully saturated rings. The number of carbonyl (C=O) groups is 4. The van der Waals surface area contributed by atoms with E-state index in [1.54, 1.807) is 0 Å². The monoisotopic (exact) mass is 1450 g/mol. The fraction of sp³-hybridized carbons (Fsp3) is 0.950. The van der Waals surface area contributed by atoms with Crippen LogP contribution in [-0.2, 0) is 65.4 Å². The van der Waals surface area contributed by atoms with E-state index in [9.17, 15) is 43.2 Å². The van der Waals surface area contributed by atoms with Crippen LogP contribution in [-0.4, -0.2) is 96.7 Å². The molecule has 0 heterocycles. The average molecular weight is 1450 g/mol. The highest BCUT2D eigenvalue weighted by Gasteiger charge is 2.30. The molecule has 0 aromatic heterocycles. The molecule has 2 unspecified atom stereocenters. The number of aliphatic hydroxyl groups excluding tert-OH is 1. The molecule has 0 aromatic rings. The molecule has 3 N–H and O–H groups in total. The second kappa shape index (κ2) is 71.7. The third-order valence-electron chi connectivity index (χ3n) is 18.7. The number of carbonyl (C=O) groups excluding carboxylic acids is 4. The van der Waals surface area contributed by atoms with Gasteiger partial charge in [0.2, 0.25) is 0 Å². The van der Waals surface area contributed by atoms with Gasteiger partial charge in [0.1, 0.15) is 19.3 Å². The van der Waals surface area contributed by atoms with Crippen LogP contribution in [0.3, 0.4) is 0 Å². The van der Waals surface area contributed by atoms with Gasteiger partial charge in [-0.25, -0.2) is 9.13 Å². The fourth-order valence-electron chi connectivity index (χ4n) is 12.4. The predicted molar refractivity (Wildman–Crippen MR) is 405 cm³/mol. The van der Waals surface area contributed by atoms with Crippen molar-refractivity contribution in [1.82, 2.24) is 0 Å². The lowest BCUT2D eigenvalue weighted by atomic mass is 10.0. The molecule has 0 aliphatic rings. The summed E-state index contributed by atoms with van der Waals surface area (Å²) in [5, 5.41) is 10.6. The van der Waals surface area contributed by atoms with Crippen LogP contribution in [0, 0.1) is 11.8 Å². The van der Waals surface area contributed by atoms with Crippen molar-refractivity contribution in [2.45, 2.75) is 439 Å². The SMILES string of the molecule is CCCCCCCCCCCCCCCCCCCCCCCC(=O)O[C@H](COC(=O)CCCCCCCCCCCCCCCCCCC(C)C)COP(=O)(O)OC[C@@H](O)COP(=O)(O)OC[C@@H](COC(=O)CCCCCCCCCC)OC(=O)CCCCCCCCCCC(C)C. The molecule has 0 aliphatic carbocycles. The molecular formula is C80H156O17P2. The number of esters is 4. The molecule has 0 amide bonds. The van der Waals surface area contributed by atoms with E-state index < -0.39 is 97.5 Å². The zero-order valence-electron chi connectivity index (χ0n) is 64.8. The average Bonchev–Trinajstić information content (AvgIpc) is 0.974. The summed E-state index contributed by atoms with van der Waals surface area (Å²) >= 11 is 0. The standard InChI is InChI=1S/C80H156O17P2/c1-7-9-11-13-15-17-18-19-20-21-22-23-24-25-30-33-36-39-46-52-58-64-79(84)96-76(69-91-78(83)63-57-51-45-38-35-32-29-27-26-28-31-34-37-42-48-54-60-72(3)4)71-95-99(88,89)93-67-74(81)66-92-98(86,87)94-70-75(68-90-77(82)62-56-50-44-16-14-12-10-8-2)97-80(85)65-59-53-47-41-40-43-49-55-61-73(5)6/h72-76,81H,7-71H2,1-6H3,(H,86,87)(H,88,89)/t74-,75+,76+/m0/s1. The van der Waals surface area contributed by atoms with Crippen LogP contribution in [0.4, 0.5) is 0 Å². The molecule has 0 aromatic carbocycles. The largest absolute Gasteiger partial charge is 0.472 e. The molecule has 0 saturated carbocycles. The summed E-state index contributed by atoms with van der Waals surface area (Å²) in [6, 6.07) is 0. The van der Waals surface area contributed by atoms with Gasteiger partial charge in [0, 0.05) is 25.7 Å². The zero-order valence-corrected chi connectivity index (χ0v) is 66.6. The molecule has 99 heavy (non-hydrogen) atoms. The second-order valence-corrected chi connectivity index (χ2v) is 32.7. The van der Waals surface area contributed by atoms with Gasteiger partial charge >= 0.3 is 39.5 Å². The Morgan fingerprint density at radius 1 is 0.273 bits per heavy atom. The molecule has 588 valence electrons. The van der Waals surface area contributed by atoms with Gasteiger partial charge in [-0.05, 0) is 37.5 Å². The van der Waals surface area contributed by atoms with Crippen LogP contribution in [0.15, 0.2) is 0 Å². The summed E-state index contributed by atoms with van der Waals surface area (Å²) in [6.07, 6.45) is 61.4. The molecule has 0 saturated heterocycles. The fourth-order valence-corrected chi connectivity index (χ4v) is 13.9. The molecule has 0 aliphatic heterocycles. The van der Waals surface area contributed by atoms with E-state index in [2.05, 4.69) is 41.5 Å². The summed E-state index contributed by atoms with van der Waals surface area (Å²) in [6.45, 7) is 9.58. The van der Waals surface area contributed by atoms with Gasteiger partial charge in [-0.1, -0.05) is 369 Å². The normalized spacial score (nSPS) is 13.9. The number of rotatable bonds is 79. The lowest BCUT2D eigenvalue weighted by Crippen LogP contribution is -2.30. The predicted octanol–water partition coefficient (Wildman–Crippen LogP) is 23.9. The smallest absolute Gasteiger partial charge is 0.462 e. The van der Waals surface area contributed by atoms with E-state index in [0.717, 1.165) is 108 Å². The van der Waals surface area contributed by atoms with Crippen molar-refractivity contribution < 1.29 is 80.2 Å². The zero-order chi connectivity index (χ0) is 72.8. The van der Waals surface area contributed by atoms with Gasteiger partial charge < -0.3 is 33.8 Å². The summed E-state index contributed by atoms with van der Waals surface area (Å²) in [7, 11) is -9.91. The van der Waals surface area contributed by atoms with Crippen LogP contribution in [0.1, 0.15) is 420 Å². The summed E-state index contributed by atoms with van der Waals surface area (Å²) in [4.78, 5) is 72.8. The Bertz CT molecular complexity index is 1910. The summed E-state index contributed by atoms with van der Waals surface area (Å²) in [5.41, 5.74) is 0. The van der Waals surface area contributed by atoms with Crippen LogP contribution < -0.4 is 0 Å². The molecule has 0 rings (SSSR count). The molecule has 0 spiro atoms. The van der Waals surface area contributed by atoms with E-state index in [-0.39, 0.29) is 25.7 Å². The first kappa shape index (κ1) is 97.1. The minimum absolute atomic E-state index is 0.105. The van der Waals surface area contributed by atoms with Crippen molar-refractivity contribution >= 4 is 39.5 Å². The quantitative estimate of drug-likeness (QED) is 0.0222. The van der Waals surface area contributed by atoms with E-state index >= 15 is 0 Å². The van der Waals surface area contributed by atoms with Gasteiger partial charge in [0.25, 0.3) is 0 Å². The molecule has 0 radical (unpaired) electrons. The van der Waals surface area contributed by atoms with Gasteiger partial charge in [-0.2, -0.15) is 0 Å². The first-order chi connectivity index (χ1) is 47.9. The highest BCUT2D eigenvalue weighted by molar-refractivity contribution is 7.47. The van der Waals surface area contributed by atoms with Crippen LogP contribution in [0.2, 0.25) is 0 Å². The third-order valence-corrected chi connectivity index (χ3v) is 20.6. The Labute approximate surface area is 607 Å². The maximum Gasteiger partial charge on any atom is 0.472 e. The number of aliphatic hydroxyl groups is 1. The highest BCUT2D eigenvalue weighted by Crippen LogP contribution is 2.45. The van der Waals surface area contributed by atoms with Gasteiger partial charge in [0.05, 0.1) is 26.4 Å². The van der Waals surface area contributed by atoms with Gasteiger partial charge in [-0.3, -0.25) is 37.3 Å². The first-order valence-corrected chi connectivity index (χ1v) is 44.5. The third kappa shape index (κ3) is 74.1. The van der Waals surface area contributed by atoms with Crippen molar-refractivity contribution in [3.8, 4) is 0 Å². The Hall–Kier alpha value is -1.94. The molecule has 0 bridgehead atoms. The number of phosphoric acid groups is 2. The Kier molecular flexibility index (Phi) is 70.3. The minimum Gasteiger partial charge on any atom is -0.462 e. The van der Waals surface area contributed by atoms with E-state index in [1.165, 1.54) is 231 Å². The van der Waals surface area contributed by atoms with Crippen LogP contribution in [0.5, 0.6) is 0 Å². The van der Waals surface area contributed by atoms with Gasteiger partial charge in [0.15, 0.2) is 12.2 Å². The number of phosphoric ester groups is 2. The van der Waals surface area contributed by atoms with Crippen molar-refractivity contribution in [1.29, 1.82) is 0 Å². The van der Waals surface area contributed by atoms with Crippen molar-refractivity contribution in [3.63, 3.8) is 0 Å². The van der Waals surface area contributed by atoms with Crippen molar-refractivity contribution in [2.75, 3.05) is 39.6 Å². The van der Waals surface area contributed by atoms with Crippen molar-refractivity contribution in [3.05, 3.63) is 0 Å². The Balaban J connectivity index is 5.17. The minimum atomic E-state index is -4.96. The van der Waals surface area contributed by atoms with E-state index in [0.29, 0.717) is 25.7 Å². The molecule has 5 atom stereocenters. The number of hydrogen-bond acceptors (Lipinski definition) is 15. The van der Waals surface area contributed by atoms with E-state index in [1.807, 2.05) is 0 Å². The maximum absolute atomic E-state index is 13.1. The second-order valence-electron chi connectivity index (χ2n) is 29.8. The lowest BCUT2D eigenvalue weighted by molar-refractivity contribution is -0.161. The maximum atomic E-state index is 13.1. The van der Waals surface area contributed by atoms with E-state index in [4.69, 9.17) is 37.0 Å². The number of hydrogen-bond donors (Lipinski definition) is 3.